The van der Waals surface area contributed by atoms with Gasteiger partial charge in [-0.05, 0) is 50.2 Å². The summed E-state index contributed by atoms with van der Waals surface area (Å²) in [5, 5.41) is 0. The van der Waals surface area contributed by atoms with E-state index in [2.05, 4.69) is 49.9 Å². The molecule has 0 bridgehead atoms. The normalized spacial score (nSPS) is 14.9. The van der Waals surface area contributed by atoms with E-state index in [9.17, 15) is 0 Å². The zero-order chi connectivity index (χ0) is 12.8. The highest BCUT2D eigenvalue weighted by atomic mass is 14.1. The highest BCUT2D eigenvalue weighted by molar-refractivity contribution is 5.27. The van der Waals surface area contributed by atoms with Crippen molar-refractivity contribution in [2.75, 3.05) is 0 Å². The molecule has 18 heavy (non-hydrogen) atoms. The molecule has 1 aliphatic rings. The van der Waals surface area contributed by atoms with Gasteiger partial charge in [-0.15, -0.1) is 6.58 Å². The SMILES string of the molecule is C=CCc1ccc(CCC2=CC=C(C)CC2)cc1. The fraction of sp³-hybridized carbons (Fsp3) is 0.333. The highest BCUT2D eigenvalue weighted by Gasteiger charge is 2.03. The van der Waals surface area contributed by atoms with E-state index in [1.54, 1.807) is 5.57 Å². The van der Waals surface area contributed by atoms with Crippen molar-refractivity contribution in [2.45, 2.75) is 39.0 Å². The van der Waals surface area contributed by atoms with Gasteiger partial charge in [0.05, 0.1) is 0 Å². The minimum absolute atomic E-state index is 0.968. The van der Waals surface area contributed by atoms with E-state index in [0.29, 0.717) is 0 Å². The molecule has 2 rings (SSSR count). The van der Waals surface area contributed by atoms with Crippen molar-refractivity contribution < 1.29 is 0 Å². The number of rotatable bonds is 5. The van der Waals surface area contributed by atoms with Crippen LogP contribution in [0, 0.1) is 0 Å². The van der Waals surface area contributed by atoms with Gasteiger partial charge in [-0.1, -0.05) is 53.6 Å². The number of allylic oxidation sites excluding steroid dienone is 5. The second kappa shape index (κ2) is 6.39. The molecule has 0 aromatic heterocycles. The van der Waals surface area contributed by atoms with E-state index in [1.165, 1.54) is 36.0 Å². The first-order chi connectivity index (χ1) is 8.78. The lowest BCUT2D eigenvalue weighted by atomic mass is 9.94. The Bertz CT molecular complexity index is 457. The molecular formula is C18H22. The van der Waals surface area contributed by atoms with Crippen LogP contribution in [0.3, 0.4) is 0 Å². The summed E-state index contributed by atoms with van der Waals surface area (Å²) in [7, 11) is 0. The molecule has 0 fully saturated rings. The molecule has 0 nitrogen and oxygen atoms in total. The monoisotopic (exact) mass is 238 g/mol. The van der Waals surface area contributed by atoms with Crippen LogP contribution in [0.25, 0.3) is 0 Å². The average Bonchev–Trinajstić information content (AvgIpc) is 2.40. The van der Waals surface area contributed by atoms with Crippen LogP contribution in [0.5, 0.6) is 0 Å². The van der Waals surface area contributed by atoms with E-state index < -0.39 is 0 Å². The van der Waals surface area contributed by atoms with Crippen molar-refractivity contribution in [1.82, 2.24) is 0 Å². The molecule has 0 heterocycles. The maximum absolute atomic E-state index is 3.77. The Kier molecular flexibility index (Phi) is 4.58. The maximum Gasteiger partial charge on any atom is -0.0100 e. The first-order valence-corrected chi connectivity index (χ1v) is 6.82. The summed E-state index contributed by atoms with van der Waals surface area (Å²) in [6.07, 6.45) is 12.3. The zero-order valence-corrected chi connectivity index (χ0v) is 11.3. The Balaban J connectivity index is 1.88. The Hall–Kier alpha value is -1.56. The van der Waals surface area contributed by atoms with Gasteiger partial charge >= 0.3 is 0 Å². The molecule has 1 aliphatic carbocycles. The Morgan fingerprint density at radius 2 is 1.72 bits per heavy atom. The minimum Gasteiger partial charge on any atom is -0.103 e. The molecule has 0 radical (unpaired) electrons. The summed E-state index contributed by atoms with van der Waals surface area (Å²) >= 11 is 0. The summed E-state index contributed by atoms with van der Waals surface area (Å²) in [5.41, 5.74) is 5.89. The third-order valence-corrected chi connectivity index (χ3v) is 3.58. The average molecular weight is 238 g/mol. The molecule has 0 saturated carbocycles. The number of hydrogen-bond acceptors (Lipinski definition) is 0. The zero-order valence-electron chi connectivity index (χ0n) is 11.3. The van der Waals surface area contributed by atoms with Gasteiger partial charge in [0.15, 0.2) is 0 Å². The van der Waals surface area contributed by atoms with Crippen LogP contribution in [0.2, 0.25) is 0 Å². The van der Waals surface area contributed by atoms with E-state index in [0.717, 1.165) is 12.8 Å². The third-order valence-electron chi connectivity index (χ3n) is 3.58. The fourth-order valence-electron chi connectivity index (χ4n) is 2.31. The lowest BCUT2D eigenvalue weighted by molar-refractivity contribution is 0.816. The van der Waals surface area contributed by atoms with Crippen LogP contribution < -0.4 is 0 Å². The highest BCUT2D eigenvalue weighted by Crippen LogP contribution is 2.21. The first-order valence-electron chi connectivity index (χ1n) is 6.82. The molecule has 0 unspecified atom stereocenters. The van der Waals surface area contributed by atoms with Crippen LogP contribution in [0.1, 0.15) is 37.3 Å². The quantitative estimate of drug-likeness (QED) is 0.632. The Morgan fingerprint density at radius 1 is 1.00 bits per heavy atom. The summed E-state index contributed by atoms with van der Waals surface area (Å²) in [5.74, 6) is 0. The van der Waals surface area contributed by atoms with E-state index in [1.807, 2.05) is 6.08 Å². The largest absolute Gasteiger partial charge is 0.103 e. The van der Waals surface area contributed by atoms with Gasteiger partial charge in [-0.2, -0.15) is 0 Å². The predicted octanol–water partition coefficient (Wildman–Crippen LogP) is 5.01. The second-order valence-corrected chi connectivity index (χ2v) is 5.15. The topological polar surface area (TPSA) is 0 Å². The molecule has 0 spiro atoms. The van der Waals surface area contributed by atoms with Gasteiger partial charge in [0, 0.05) is 0 Å². The summed E-state index contributed by atoms with van der Waals surface area (Å²) in [4.78, 5) is 0. The summed E-state index contributed by atoms with van der Waals surface area (Å²) < 4.78 is 0. The molecular weight excluding hydrogens is 216 g/mol. The van der Waals surface area contributed by atoms with Crippen LogP contribution in [-0.4, -0.2) is 0 Å². The number of hydrogen-bond donors (Lipinski definition) is 0. The maximum atomic E-state index is 3.77. The number of aryl methyl sites for hydroxylation is 1. The van der Waals surface area contributed by atoms with Crippen molar-refractivity contribution in [2.24, 2.45) is 0 Å². The lowest BCUT2D eigenvalue weighted by Crippen LogP contribution is -1.94. The smallest absolute Gasteiger partial charge is 0.0100 e. The van der Waals surface area contributed by atoms with Gasteiger partial charge < -0.3 is 0 Å². The number of benzene rings is 1. The molecule has 0 amide bonds. The van der Waals surface area contributed by atoms with E-state index in [4.69, 9.17) is 0 Å². The Morgan fingerprint density at radius 3 is 2.33 bits per heavy atom. The summed E-state index contributed by atoms with van der Waals surface area (Å²) in [6.45, 7) is 5.98. The van der Waals surface area contributed by atoms with E-state index in [-0.39, 0.29) is 0 Å². The van der Waals surface area contributed by atoms with Crippen molar-refractivity contribution >= 4 is 0 Å². The standard InChI is InChI=1S/C18H22/c1-3-4-16-9-11-18(12-10-16)14-13-17-7-5-15(2)6-8-17/h3,5,7,9-12H,1,4,6,8,13-14H2,2H3. The molecule has 0 aliphatic heterocycles. The molecule has 0 N–H and O–H groups in total. The fourth-order valence-corrected chi connectivity index (χ4v) is 2.31. The second-order valence-electron chi connectivity index (χ2n) is 5.15. The first kappa shape index (κ1) is 12.9. The molecule has 1 aromatic rings. The van der Waals surface area contributed by atoms with Crippen molar-refractivity contribution in [3.8, 4) is 0 Å². The van der Waals surface area contributed by atoms with Crippen LogP contribution >= 0.6 is 0 Å². The molecule has 1 aromatic carbocycles. The van der Waals surface area contributed by atoms with Crippen molar-refractivity contribution in [1.29, 1.82) is 0 Å². The van der Waals surface area contributed by atoms with Gasteiger partial charge in [0.2, 0.25) is 0 Å². The van der Waals surface area contributed by atoms with E-state index >= 15 is 0 Å². The minimum atomic E-state index is 0.968. The van der Waals surface area contributed by atoms with Crippen LogP contribution in [0.4, 0.5) is 0 Å². The predicted molar refractivity (Wildman–Crippen MR) is 79.7 cm³/mol. The van der Waals surface area contributed by atoms with Crippen LogP contribution in [0.15, 0.2) is 60.2 Å². The molecule has 0 atom stereocenters. The molecule has 0 saturated heterocycles. The summed E-state index contributed by atoms with van der Waals surface area (Å²) in [6, 6.07) is 8.94. The third kappa shape index (κ3) is 3.73. The van der Waals surface area contributed by atoms with Gasteiger partial charge in [-0.25, -0.2) is 0 Å². The molecule has 0 heteroatoms. The van der Waals surface area contributed by atoms with Crippen molar-refractivity contribution in [3.63, 3.8) is 0 Å². The van der Waals surface area contributed by atoms with Gasteiger partial charge in [0.1, 0.15) is 0 Å². The lowest BCUT2D eigenvalue weighted by Gasteiger charge is -2.12. The Labute approximate surface area is 111 Å². The van der Waals surface area contributed by atoms with Gasteiger partial charge in [-0.3, -0.25) is 0 Å². The van der Waals surface area contributed by atoms with Crippen molar-refractivity contribution in [3.05, 3.63) is 71.3 Å². The van der Waals surface area contributed by atoms with Crippen LogP contribution in [-0.2, 0) is 12.8 Å². The van der Waals surface area contributed by atoms with Gasteiger partial charge in [0.25, 0.3) is 0 Å². The molecule has 94 valence electrons.